The average molecular weight is 650 g/mol. The molecular formula is C29H31N9O5S2. The van der Waals surface area contributed by atoms with Crippen LogP contribution in [0.5, 0.6) is 5.75 Å². The summed E-state index contributed by atoms with van der Waals surface area (Å²) in [7, 11) is -2.88. The van der Waals surface area contributed by atoms with Gasteiger partial charge in [-0.15, -0.1) is 21.5 Å². The van der Waals surface area contributed by atoms with Crippen LogP contribution in [0, 0.1) is 0 Å². The van der Waals surface area contributed by atoms with Crippen molar-refractivity contribution in [3.05, 3.63) is 95.5 Å². The smallest absolute Gasteiger partial charge is 0.264 e. The van der Waals surface area contributed by atoms with Crippen LogP contribution in [0.3, 0.4) is 0 Å². The standard InChI is InChI=1S/C29H31N9O5S2/c1-28(2,3)22-12-11-20(17-23(22)43-4)25(39)38(27-30-14-16-44-27)29(18-24-32-35-36-33-24,19-37-15-8-13-31-37)26(40)34-45(41,42)21-9-6-5-7-10-21/h5-17H,18-19H2,1-4H3,(H,34,40)(H,32,33,35,36). The van der Waals surface area contributed by atoms with E-state index in [9.17, 15) is 18.0 Å². The Balaban J connectivity index is 1.73. The van der Waals surface area contributed by atoms with E-state index in [0.717, 1.165) is 16.9 Å². The highest BCUT2D eigenvalue weighted by Crippen LogP contribution is 2.36. The van der Waals surface area contributed by atoms with Gasteiger partial charge in [0, 0.05) is 36.0 Å². The molecule has 0 aliphatic carbocycles. The molecule has 0 radical (unpaired) electrons. The molecule has 3 aromatic heterocycles. The fraction of sp³-hybridized carbons (Fsp3) is 0.276. The first kappa shape index (κ1) is 31.5. The van der Waals surface area contributed by atoms with Crippen LogP contribution in [0.1, 0.15) is 42.5 Å². The van der Waals surface area contributed by atoms with Gasteiger partial charge in [0.1, 0.15) is 5.75 Å². The van der Waals surface area contributed by atoms with Crippen LogP contribution in [0.4, 0.5) is 5.13 Å². The summed E-state index contributed by atoms with van der Waals surface area (Å²) in [6.07, 6.45) is 4.22. The number of nitrogens with zero attached hydrogens (tertiary/aromatic N) is 7. The maximum absolute atomic E-state index is 14.7. The third-order valence-corrected chi connectivity index (χ3v) is 9.13. The number of anilines is 1. The molecule has 5 aromatic rings. The lowest BCUT2D eigenvalue weighted by atomic mass is 9.85. The number of methoxy groups -OCH3 is 1. The predicted octanol–water partition coefficient (Wildman–Crippen LogP) is 2.99. The fourth-order valence-corrected chi connectivity index (χ4v) is 6.68. The van der Waals surface area contributed by atoms with Gasteiger partial charge in [0.25, 0.3) is 21.8 Å². The Morgan fingerprint density at radius 2 is 1.87 bits per heavy atom. The number of benzene rings is 2. The summed E-state index contributed by atoms with van der Waals surface area (Å²) in [5, 5.41) is 20.1. The number of carbonyl (C=O) groups is 2. The molecule has 0 bridgehead atoms. The summed E-state index contributed by atoms with van der Waals surface area (Å²) >= 11 is 1.09. The van der Waals surface area contributed by atoms with E-state index in [-0.39, 0.29) is 39.8 Å². The average Bonchev–Trinajstić information content (AvgIpc) is 3.82. The van der Waals surface area contributed by atoms with Crippen LogP contribution in [0.15, 0.2) is 83.5 Å². The largest absolute Gasteiger partial charge is 0.496 e. The van der Waals surface area contributed by atoms with E-state index in [1.54, 1.807) is 41.9 Å². The first-order valence-electron chi connectivity index (χ1n) is 13.7. The second kappa shape index (κ2) is 12.6. The van der Waals surface area contributed by atoms with Crippen molar-refractivity contribution < 1.29 is 22.7 Å². The van der Waals surface area contributed by atoms with Crippen molar-refractivity contribution in [3.8, 4) is 5.75 Å². The number of aromatic amines is 1. The molecule has 5 rings (SSSR count). The number of thiazole rings is 1. The molecule has 234 valence electrons. The Kier molecular flexibility index (Phi) is 8.79. The molecular weight excluding hydrogens is 619 g/mol. The van der Waals surface area contributed by atoms with Crippen LogP contribution < -0.4 is 14.4 Å². The number of ether oxygens (including phenoxy) is 1. The maximum Gasteiger partial charge on any atom is 0.264 e. The van der Waals surface area contributed by atoms with E-state index >= 15 is 0 Å². The first-order chi connectivity index (χ1) is 21.4. The molecule has 16 heteroatoms. The Labute approximate surface area is 263 Å². The third-order valence-electron chi connectivity index (χ3n) is 7.02. The second-order valence-electron chi connectivity index (χ2n) is 11.1. The number of nitrogens with one attached hydrogen (secondary N) is 2. The molecule has 0 saturated heterocycles. The van der Waals surface area contributed by atoms with Gasteiger partial charge in [-0.3, -0.25) is 19.2 Å². The van der Waals surface area contributed by atoms with E-state index in [0.29, 0.717) is 5.75 Å². The molecule has 1 atom stereocenters. The molecule has 0 saturated carbocycles. The van der Waals surface area contributed by atoms with Gasteiger partial charge in [-0.05, 0) is 41.3 Å². The SMILES string of the molecule is COc1cc(C(=O)N(c2nccs2)C(Cc2nn[nH]n2)(Cn2cccn2)C(=O)NS(=O)(=O)c2ccccc2)ccc1C(C)(C)C. The second-order valence-corrected chi connectivity index (χ2v) is 13.7. The number of aromatic nitrogens is 7. The van der Waals surface area contributed by atoms with E-state index < -0.39 is 27.4 Å². The van der Waals surface area contributed by atoms with Crippen LogP contribution in [0.25, 0.3) is 0 Å². The van der Waals surface area contributed by atoms with Gasteiger partial charge in [0.15, 0.2) is 16.5 Å². The zero-order valence-electron chi connectivity index (χ0n) is 24.9. The lowest BCUT2D eigenvalue weighted by Crippen LogP contribution is -2.65. The molecule has 1 unspecified atom stereocenters. The van der Waals surface area contributed by atoms with Crippen LogP contribution in [0.2, 0.25) is 0 Å². The summed E-state index contributed by atoms with van der Waals surface area (Å²) in [4.78, 5) is 34.8. The Hall–Kier alpha value is -4.96. The zero-order chi connectivity index (χ0) is 32.2. The number of carbonyl (C=O) groups excluding carboxylic acids is 2. The molecule has 14 nitrogen and oxygen atoms in total. The molecule has 0 spiro atoms. The first-order valence-corrected chi connectivity index (χ1v) is 16.1. The van der Waals surface area contributed by atoms with Crippen LogP contribution in [-0.4, -0.2) is 68.3 Å². The maximum atomic E-state index is 14.7. The summed E-state index contributed by atoms with van der Waals surface area (Å²) in [6.45, 7) is 5.76. The Bertz CT molecular complexity index is 1820. The lowest BCUT2D eigenvalue weighted by Gasteiger charge is -2.40. The van der Waals surface area contributed by atoms with Crippen molar-refractivity contribution in [2.24, 2.45) is 0 Å². The van der Waals surface area contributed by atoms with Crippen LogP contribution in [-0.2, 0) is 33.2 Å². The van der Waals surface area contributed by atoms with Crippen LogP contribution >= 0.6 is 11.3 Å². The minimum atomic E-state index is -4.39. The molecule has 0 fully saturated rings. The molecule has 0 aliphatic rings. The normalized spacial score (nSPS) is 13.2. The van der Waals surface area contributed by atoms with Crippen molar-refractivity contribution in [1.29, 1.82) is 0 Å². The van der Waals surface area contributed by atoms with Crippen molar-refractivity contribution >= 4 is 38.3 Å². The highest BCUT2D eigenvalue weighted by atomic mass is 32.2. The van der Waals surface area contributed by atoms with Gasteiger partial charge in [0.2, 0.25) is 0 Å². The highest BCUT2D eigenvalue weighted by Gasteiger charge is 2.52. The van der Waals surface area contributed by atoms with Crippen molar-refractivity contribution in [2.75, 3.05) is 12.0 Å². The van der Waals surface area contributed by atoms with Crippen molar-refractivity contribution in [1.82, 2.24) is 40.1 Å². The lowest BCUT2D eigenvalue weighted by molar-refractivity contribution is -0.125. The monoisotopic (exact) mass is 649 g/mol. The van der Waals surface area contributed by atoms with E-state index in [4.69, 9.17) is 4.74 Å². The predicted molar refractivity (Wildman–Crippen MR) is 165 cm³/mol. The molecule has 2 aromatic carbocycles. The zero-order valence-corrected chi connectivity index (χ0v) is 26.5. The molecule has 2 N–H and O–H groups in total. The van der Waals surface area contributed by atoms with Gasteiger partial charge in [-0.25, -0.2) is 18.1 Å². The summed E-state index contributed by atoms with van der Waals surface area (Å²) in [5.41, 5.74) is -1.30. The number of sulfonamides is 1. The van der Waals surface area contributed by atoms with Gasteiger partial charge in [0.05, 0.1) is 18.6 Å². The van der Waals surface area contributed by atoms with Gasteiger partial charge in [-0.1, -0.05) is 50.3 Å². The fourth-order valence-electron chi connectivity index (χ4n) is 4.88. The molecule has 2 amide bonds. The Morgan fingerprint density at radius 3 is 2.47 bits per heavy atom. The van der Waals surface area contributed by atoms with Gasteiger partial charge in [-0.2, -0.15) is 10.3 Å². The number of rotatable bonds is 11. The third kappa shape index (κ3) is 6.61. The van der Waals surface area contributed by atoms with E-state index in [1.807, 2.05) is 20.8 Å². The van der Waals surface area contributed by atoms with E-state index in [2.05, 4.69) is 35.4 Å². The summed E-state index contributed by atoms with van der Waals surface area (Å²) < 4.78 is 36.3. The topological polar surface area (TPSA) is 178 Å². The summed E-state index contributed by atoms with van der Waals surface area (Å²) in [6, 6.07) is 14.1. The molecule has 0 aliphatic heterocycles. The number of hydrogen-bond donors (Lipinski definition) is 2. The number of tetrazole rings is 1. The molecule has 45 heavy (non-hydrogen) atoms. The van der Waals surface area contributed by atoms with Gasteiger partial charge < -0.3 is 4.74 Å². The number of H-pyrrole nitrogens is 1. The highest BCUT2D eigenvalue weighted by molar-refractivity contribution is 7.90. The minimum absolute atomic E-state index is 0.0458. The van der Waals surface area contributed by atoms with E-state index in [1.165, 1.54) is 53.4 Å². The molecule has 3 heterocycles. The quantitative estimate of drug-likeness (QED) is 0.216. The summed E-state index contributed by atoms with van der Waals surface area (Å²) in [5.74, 6) is -1.16. The number of hydrogen-bond acceptors (Lipinski definition) is 11. The van der Waals surface area contributed by atoms with Gasteiger partial charge >= 0.3 is 0 Å². The number of amides is 2. The van der Waals surface area contributed by atoms with Crippen molar-refractivity contribution in [2.45, 2.75) is 49.6 Å². The van der Waals surface area contributed by atoms with Crippen molar-refractivity contribution in [3.63, 3.8) is 0 Å². The minimum Gasteiger partial charge on any atom is -0.496 e. The Morgan fingerprint density at radius 1 is 1.09 bits per heavy atom.